The minimum absolute atomic E-state index is 0.0501. The molecule has 1 aliphatic rings. The molecule has 4 atom stereocenters. The van der Waals surface area contributed by atoms with Gasteiger partial charge < -0.3 is 19.3 Å². The zero-order valence-electron chi connectivity index (χ0n) is 17.3. The fourth-order valence-corrected chi connectivity index (χ4v) is 3.24. The van der Waals surface area contributed by atoms with Crippen molar-refractivity contribution in [1.29, 1.82) is 0 Å². The van der Waals surface area contributed by atoms with Crippen molar-refractivity contribution in [2.75, 3.05) is 26.9 Å². The highest BCUT2D eigenvalue weighted by Crippen LogP contribution is 2.16. The average Bonchev–Trinajstić information content (AvgIpc) is 2.68. The smallest absolute Gasteiger partial charge is 0.324 e. The summed E-state index contributed by atoms with van der Waals surface area (Å²) in [7, 11) is 1.70. The summed E-state index contributed by atoms with van der Waals surface area (Å²) in [4.78, 5) is 11.6. The molecule has 27 heavy (non-hydrogen) atoms. The number of hydrogen-bond acceptors (Lipinski definition) is 5. The highest BCUT2D eigenvalue weighted by atomic mass is 16.5. The molecule has 0 aromatic rings. The van der Waals surface area contributed by atoms with Gasteiger partial charge in [0.1, 0.15) is 6.04 Å². The zero-order valence-corrected chi connectivity index (χ0v) is 17.3. The first-order chi connectivity index (χ1) is 13.1. The molecule has 0 unspecified atom stereocenters. The van der Waals surface area contributed by atoms with Gasteiger partial charge in [-0.2, -0.15) is 0 Å². The molecule has 0 radical (unpaired) electrons. The summed E-state index contributed by atoms with van der Waals surface area (Å²) in [5.74, 6) is -0.868. The first-order valence-electron chi connectivity index (χ1n) is 10.5. The summed E-state index contributed by atoms with van der Waals surface area (Å²) in [5, 5.41) is 12.7. The Balaban J connectivity index is 2.58. The van der Waals surface area contributed by atoms with Gasteiger partial charge in [-0.05, 0) is 32.1 Å². The molecule has 0 spiro atoms. The van der Waals surface area contributed by atoms with Crippen molar-refractivity contribution in [3.63, 3.8) is 0 Å². The molecular weight excluding hydrogens is 346 g/mol. The van der Waals surface area contributed by atoms with Gasteiger partial charge in [0, 0.05) is 26.4 Å². The topological polar surface area (TPSA) is 77.0 Å². The van der Waals surface area contributed by atoms with Crippen LogP contribution in [0.1, 0.15) is 65.2 Å². The van der Waals surface area contributed by atoms with Crippen LogP contribution in [-0.2, 0) is 19.0 Å². The molecule has 158 valence electrons. The van der Waals surface area contributed by atoms with Crippen LogP contribution in [0.4, 0.5) is 0 Å². The minimum atomic E-state index is -0.868. The lowest BCUT2D eigenvalue weighted by Gasteiger charge is -2.26. The molecule has 0 saturated carbocycles. The monoisotopic (exact) mass is 385 g/mol. The van der Waals surface area contributed by atoms with Crippen molar-refractivity contribution in [3.8, 4) is 0 Å². The predicted octanol–water partition coefficient (Wildman–Crippen LogP) is 3.55. The van der Waals surface area contributed by atoms with Crippen molar-refractivity contribution in [2.45, 2.75) is 89.5 Å². The van der Waals surface area contributed by atoms with Gasteiger partial charge in [-0.25, -0.2) is 0 Å². The van der Waals surface area contributed by atoms with E-state index in [0.29, 0.717) is 13.0 Å². The third-order valence-corrected chi connectivity index (χ3v) is 4.93. The molecule has 1 rings (SSSR count). The molecule has 0 aliphatic carbocycles. The van der Waals surface area contributed by atoms with Gasteiger partial charge >= 0.3 is 5.97 Å². The van der Waals surface area contributed by atoms with Crippen LogP contribution in [0.2, 0.25) is 0 Å². The van der Waals surface area contributed by atoms with E-state index in [-0.39, 0.29) is 18.2 Å². The number of aliphatic carboxylic acids is 1. The summed E-state index contributed by atoms with van der Waals surface area (Å²) in [6.45, 7) is 6.40. The minimum Gasteiger partial charge on any atom is -0.480 e. The highest BCUT2D eigenvalue weighted by molar-refractivity contribution is 5.75. The Bertz CT molecular complexity index is 409. The van der Waals surface area contributed by atoms with E-state index in [4.69, 9.17) is 14.2 Å². The normalized spacial score (nSPS) is 21.2. The van der Waals surface area contributed by atoms with E-state index in [9.17, 15) is 9.90 Å². The Kier molecular flexibility index (Phi) is 13.4. The van der Waals surface area contributed by atoms with Crippen LogP contribution < -0.4 is 5.32 Å². The maximum atomic E-state index is 11.6. The molecule has 1 fully saturated rings. The Labute approximate surface area is 164 Å². The number of ether oxygens (including phenoxy) is 3. The summed E-state index contributed by atoms with van der Waals surface area (Å²) in [6.07, 6.45) is 11.5. The Morgan fingerprint density at radius 1 is 1.30 bits per heavy atom. The lowest BCUT2D eigenvalue weighted by atomic mass is 10.0. The fraction of sp³-hybridized carbons (Fsp3) is 0.857. The molecule has 1 heterocycles. The van der Waals surface area contributed by atoms with Crippen LogP contribution in [-0.4, -0.2) is 62.3 Å². The number of rotatable bonds is 15. The second-order valence-corrected chi connectivity index (χ2v) is 7.24. The van der Waals surface area contributed by atoms with Crippen LogP contribution >= 0.6 is 0 Å². The molecular formula is C21H39NO5. The van der Waals surface area contributed by atoms with Gasteiger partial charge in [0.2, 0.25) is 0 Å². The number of nitrogens with one attached hydrogen (secondary N) is 1. The van der Waals surface area contributed by atoms with E-state index >= 15 is 0 Å². The molecule has 2 N–H and O–H groups in total. The predicted molar refractivity (Wildman–Crippen MR) is 107 cm³/mol. The van der Waals surface area contributed by atoms with E-state index in [1.807, 2.05) is 6.08 Å². The van der Waals surface area contributed by atoms with Crippen LogP contribution in [0.25, 0.3) is 0 Å². The van der Waals surface area contributed by atoms with E-state index in [2.05, 4.69) is 19.2 Å². The highest BCUT2D eigenvalue weighted by Gasteiger charge is 2.23. The van der Waals surface area contributed by atoms with Crippen molar-refractivity contribution < 1.29 is 24.1 Å². The zero-order chi connectivity index (χ0) is 19.9. The van der Waals surface area contributed by atoms with E-state index in [1.54, 1.807) is 13.2 Å². The summed E-state index contributed by atoms with van der Waals surface area (Å²) < 4.78 is 17.1. The first kappa shape index (κ1) is 24.1. The molecule has 0 aromatic heterocycles. The number of methoxy groups -OCH3 is 1. The first-order valence-corrected chi connectivity index (χ1v) is 10.5. The molecule has 1 saturated heterocycles. The Morgan fingerprint density at radius 3 is 2.67 bits per heavy atom. The summed E-state index contributed by atoms with van der Waals surface area (Å²) >= 11 is 0. The van der Waals surface area contributed by atoms with E-state index < -0.39 is 12.0 Å². The summed E-state index contributed by atoms with van der Waals surface area (Å²) in [6, 6.07) is -0.610. The van der Waals surface area contributed by atoms with Crippen LogP contribution in [0, 0.1) is 0 Å². The maximum Gasteiger partial charge on any atom is 0.324 e. The van der Waals surface area contributed by atoms with Crippen molar-refractivity contribution >= 4 is 5.97 Å². The number of carboxylic acids is 1. The molecule has 6 heteroatoms. The van der Waals surface area contributed by atoms with Gasteiger partial charge in [-0.1, -0.05) is 45.3 Å². The standard InChI is InChI=1S/C21H39NO5/c1-4-6-12-20(27-15-7-5-2)19(25-3)13-8-11-18(21(23)24)22-17-10-9-14-26-16-17/h8,11,17-20,22H,4-7,9-10,12-16H2,1-3H3,(H,23,24)/t17-,18+,19+,20-/m1/s1. The molecule has 0 bridgehead atoms. The fourth-order valence-electron chi connectivity index (χ4n) is 3.24. The van der Waals surface area contributed by atoms with Crippen molar-refractivity contribution in [2.24, 2.45) is 0 Å². The number of carbonyl (C=O) groups is 1. The second kappa shape index (κ2) is 15.0. The van der Waals surface area contributed by atoms with E-state index in [0.717, 1.165) is 58.2 Å². The van der Waals surface area contributed by atoms with Crippen LogP contribution in [0.5, 0.6) is 0 Å². The Morgan fingerprint density at radius 2 is 2.07 bits per heavy atom. The van der Waals surface area contributed by atoms with Gasteiger partial charge in [-0.3, -0.25) is 10.1 Å². The molecule has 0 aromatic carbocycles. The maximum absolute atomic E-state index is 11.6. The Hall–Kier alpha value is -0.950. The van der Waals surface area contributed by atoms with Crippen molar-refractivity contribution in [3.05, 3.63) is 12.2 Å². The molecule has 1 aliphatic heterocycles. The van der Waals surface area contributed by atoms with Gasteiger partial charge in [0.05, 0.1) is 18.8 Å². The van der Waals surface area contributed by atoms with Crippen molar-refractivity contribution in [1.82, 2.24) is 5.32 Å². The van der Waals surface area contributed by atoms with E-state index in [1.165, 1.54) is 0 Å². The van der Waals surface area contributed by atoms with Gasteiger partial charge in [-0.15, -0.1) is 0 Å². The van der Waals surface area contributed by atoms with Gasteiger partial charge in [0.15, 0.2) is 0 Å². The number of unbranched alkanes of at least 4 members (excludes halogenated alkanes) is 2. The van der Waals surface area contributed by atoms with Gasteiger partial charge in [0.25, 0.3) is 0 Å². The largest absolute Gasteiger partial charge is 0.480 e. The number of carboxylic acid groups (broad SMARTS) is 1. The summed E-state index contributed by atoms with van der Waals surface area (Å²) in [5.41, 5.74) is 0. The lowest BCUT2D eigenvalue weighted by molar-refractivity contribution is -0.138. The second-order valence-electron chi connectivity index (χ2n) is 7.24. The third kappa shape index (κ3) is 10.2. The molecule has 6 nitrogen and oxygen atoms in total. The number of hydrogen-bond donors (Lipinski definition) is 2. The van der Waals surface area contributed by atoms with Crippen LogP contribution in [0.15, 0.2) is 12.2 Å². The average molecular weight is 386 g/mol. The van der Waals surface area contributed by atoms with Crippen LogP contribution in [0.3, 0.4) is 0 Å². The third-order valence-electron chi connectivity index (χ3n) is 4.93. The quantitative estimate of drug-likeness (QED) is 0.332. The molecule has 0 amide bonds. The lowest BCUT2D eigenvalue weighted by Crippen LogP contribution is -2.46. The SMILES string of the molecule is CCCCO[C@H](CCCC)[C@H](CC=C[C@H](N[C@@H]1CCCOC1)C(=O)O)OC.